The Balaban J connectivity index is 1.58. The van der Waals surface area contributed by atoms with Gasteiger partial charge in [-0.3, -0.25) is 4.90 Å². The van der Waals surface area contributed by atoms with E-state index in [1.54, 1.807) is 0 Å². The van der Waals surface area contributed by atoms with Crippen LogP contribution in [0.2, 0.25) is 0 Å². The third kappa shape index (κ3) is 3.16. The van der Waals surface area contributed by atoms with Gasteiger partial charge in [-0.25, -0.2) is 0 Å². The monoisotopic (exact) mass is 386 g/mol. The topological polar surface area (TPSA) is 21.8 Å². The predicted octanol–water partition coefficient (Wildman–Crippen LogP) is 3.89. The summed E-state index contributed by atoms with van der Waals surface area (Å²) >= 11 is 3.62. The van der Waals surface area contributed by atoms with Crippen LogP contribution in [0.1, 0.15) is 0 Å². The first-order valence-electron chi connectivity index (χ1n) is 8.55. The van der Waals surface area contributed by atoms with E-state index in [0.29, 0.717) is 0 Å². The quantitative estimate of drug-likeness (QED) is 0.863. The van der Waals surface area contributed by atoms with Crippen molar-refractivity contribution in [1.29, 1.82) is 0 Å². The number of hydrogen-bond acceptors (Lipinski definition) is 4. The number of anilines is 4. The first-order chi connectivity index (χ1) is 11.7. The van der Waals surface area contributed by atoms with Crippen molar-refractivity contribution in [3.05, 3.63) is 46.9 Å². The molecule has 1 N–H and O–H groups in total. The molecule has 2 heterocycles. The van der Waals surface area contributed by atoms with E-state index in [0.717, 1.165) is 30.7 Å². The maximum Gasteiger partial charge on any atom is 0.0662 e. The molecule has 0 unspecified atom stereocenters. The minimum atomic E-state index is 1.01. The molecule has 0 aliphatic carbocycles. The fourth-order valence-electron chi connectivity index (χ4n) is 3.48. The lowest BCUT2D eigenvalue weighted by molar-refractivity contribution is 0.157. The van der Waals surface area contributed by atoms with Crippen molar-refractivity contribution in [1.82, 2.24) is 9.80 Å². The summed E-state index contributed by atoms with van der Waals surface area (Å²) in [5.41, 5.74) is 4.87. The smallest absolute Gasteiger partial charge is 0.0662 e. The second-order valence-electron chi connectivity index (χ2n) is 6.60. The van der Waals surface area contributed by atoms with E-state index >= 15 is 0 Å². The number of para-hydroxylation sites is 2. The summed E-state index contributed by atoms with van der Waals surface area (Å²) in [6, 6.07) is 15.0. The van der Waals surface area contributed by atoms with Gasteiger partial charge >= 0.3 is 0 Å². The number of nitrogens with one attached hydrogen (secondary N) is 1. The SMILES string of the molecule is CN1CCN(CCN2c3ccccc3Nc3ccc(Br)cc32)CC1. The molecule has 0 saturated carbocycles. The highest BCUT2D eigenvalue weighted by Crippen LogP contribution is 2.44. The van der Waals surface area contributed by atoms with Crippen LogP contribution in [0.25, 0.3) is 0 Å². The Bertz CT molecular complexity index is 725. The Kier molecular flexibility index (Phi) is 4.48. The second kappa shape index (κ2) is 6.75. The van der Waals surface area contributed by atoms with Gasteiger partial charge in [-0.1, -0.05) is 28.1 Å². The average molecular weight is 387 g/mol. The third-order valence-electron chi connectivity index (χ3n) is 4.95. The molecule has 0 bridgehead atoms. The van der Waals surface area contributed by atoms with Gasteiger partial charge < -0.3 is 15.1 Å². The van der Waals surface area contributed by atoms with Gasteiger partial charge in [0.25, 0.3) is 0 Å². The lowest BCUT2D eigenvalue weighted by atomic mass is 10.1. The number of likely N-dealkylation sites (N-methyl/N-ethyl adjacent to an activating group) is 1. The highest BCUT2D eigenvalue weighted by atomic mass is 79.9. The lowest BCUT2D eigenvalue weighted by Crippen LogP contribution is -2.46. The molecule has 0 spiro atoms. The molecule has 2 aromatic rings. The van der Waals surface area contributed by atoms with Crippen molar-refractivity contribution in [3.8, 4) is 0 Å². The maximum atomic E-state index is 3.62. The van der Waals surface area contributed by atoms with Crippen LogP contribution in [0.3, 0.4) is 0 Å². The van der Waals surface area contributed by atoms with E-state index in [2.05, 4.69) is 85.5 Å². The van der Waals surface area contributed by atoms with Gasteiger partial charge in [-0.15, -0.1) is 0 Å². The van der Waals surface area contributed by atoms with Crippen LogP contribution in [-0.4, -0.2) is 56.1 Å². The minimum Gasteiger partial charge on any atom is -0.352 e. The summed E-state index contributed by atoms with van der Waals surface area (Å²) in [6.07, 6.45) is 0. The van der Waals surface area contributed by atoms with Crippen LogP contribution in [0, 0.1) is 0 Å². The van der Waals surface area contributed by atoms with E-state index in [1.807, 2.05) is 0 Å². The molecule has 4 nitrogen and oxygen atoms in total. The minimum absolute atomic E-state index is 1.01. The van der Waals surface area contributed by atoms with Gasteiger partial charge in [-0.05, 0) is 37.4 Å². The van der Waals surface area contributed by atoms with Crippen molar-refractivity contribution in [2.75, 3.05) is 56.5 Å². The Hall–Kier alpha value is -1.56. The molecule has 5 heteroatoms. The van der Waals surface area contributed by atoms with Gasteiger partial charge in [-0.2, -0.15) is 0 Å². The van der Waals surface area contributed by atoms with Gasteiger partial charge in [0, 0.05) is 43.7 Å². The predicted molar refractivity (Wildman–Crippen MR) is 105 cm³/mol. The molecule has 24 heavy (non-hydrogen) atoms. The Labute approximate surface area is 152 Å². The normalized spacial score (nSPS) is 18.0. The number of hydrogen-bond donors (Lipinski definition) is 1. The van der Waals surface area contributed by atoms with Gasteiger partial charge in [0.2, 0.25) is 0 Å². The van der Waals surface area contributed by atoms with Crippen molar-refractivity contribution in [2.45, 2.75) is 0 Å². The average Bonchev–Trinajstić information content (AvgIpc) is 2.60. The first kappa shape index (κ1) is 15.9. The molecule has 2 aromatic carbocycles. The van der Waals surface area contributed by atoms with Crippen molar-refractivity contribution in [3.63, 3.8) is 0 Å². The molecule has 0 aromatic heterocycles. The second-order valence-corrected chi connectivity index (χ2v) is 7.52. The molecule has 4 rings (SSSR count). The summed E-state index contributed by atoms with van der Waals surface area (Å²) in [5.74, 6) is 0. The molecule has 2 aliphatic heterocycles. The van der Waals surface area contributed by atoms with Crippen LogP contribution < -0.4 is 10.2 Å². The third-order valence-corrected chi connectivity index (χ3v) is 5.44. The van der Waals surface area contributed by atoms with Crippen molar-refractivity contribution >= 4 is 38.7 Å². The lowest BCUT2D eigenvalue weighted by Gasteiger charge is -2.37. The van der Waals surface area contributed by atoms with Crippen LogP contribution in [0.4, 0.5) is 22.7 Å². The number of fused-ring (bicyclic) bond motifs is 2. The van der Waals surface area contributed by atoms with E-state index in [4.69, 9.17) is 0 Å². The van der Waals surface area contributed by atoms with Crippen LogP contribution in [0.15, 0.2) is 46.9 Å². The Morgan fingerprint density at radius 1 is 0.917 bits per heavy atom. The van der Waals surface area contributed by atoms with Crippen LogP contribution >= 0.6 is 15.9 Å². The van der Waals surface area contributed by atoms with Gasteiger partial charge in [0.05, 0.1) is 22.7 Å². The standard InChI is InChI=1S/C19H23BrN4/c1-22-8-10-23(11-9-22)12-13-24-18-5-3-2-4-16(18)21-17-7-6-15(20)14-19(17)24/h2-7,14,21H,8-13H2,1H3. The zero-order valence-electron chi connectivity index (χ0n) is 14.0. The molecule has 0 atom stereocenters. The molecule has 1 fully saturated rings. The van der Waals surface area contributed by atoms with Gasteiger partial charge in [0.1, 0.15) is 0 Å². The molecule has 0 radical (unpaired) electrons. The van der Waals surface area contributed by atoms with E-state index in [9.17, 15) is 0 Å². The summed E-state index contributed by atoms with van der Waals surface area (Å²) in [7, 11) is 2.21. The fourth-order valence-corrected chi connectivity index (χ4v) is 3.83. The zero-order chi connectivity index (χ0) is 16.5. The highest BCUT2D eigenvalue weighted by Gasteiger charge is 2.23. The first-order valence-corrected chi connectivity index (χ1v) is 9.34. The van der Waals surface area contributed by atoms with Gasteiger partial charge in [0.15, 0.2) is 0 Å². The number of rotatable bonds is 3. The van der Waals surface area contributed by atoms with E-state index in [1.165, 1.54) is 35.8 Å². The maximum absolute atomic E-state index is 3.62. The van der Waals surface area contributed by atoms with Crippen LogP contribution in [0.5, 0.6) is 0 Å². The van der Waals surface area contributed by atoms with Crippen LogP contribution in [-0.2, 0) is 0 Å². The largest absolute Gasteiger partial charge is 0.352 e. The Morgan fingerprint density at radius 3 is 2.50 bits per heavy atom. The Morgan fingerprint density at radius 2 is 1.67 bits per heavy atom. The van der Waals surface area contributed by atoms with E-state index < -0.39 is 0 Å². The molecular formula is C19H23BrN4. The van der Waals surface area contributed by atoms with Crippen molar-refractivity contribution < 1.29 is 0 Å². The number of benzene rings is 2. The number of nitrogens with zero attached hydrogens (tertiary/aromatic N) is 3. The number of halogens is 1. The van der Waals surface area contributed by atoms with E-state index in [-0.39, 0.29) is 0 Å². The molecule has 1 saturated heterocycles. The fraction of sp³-hybridized carbons (Fsp3) is 0.368. The molecule has 2 aliphatic rings. The zero-order valence-corrected chi connectivity index (χ0v) is 15.6. The summed E-state index contributed by atoms with van der Waals surface area (Å²) < 4.78 is 1.12. The molecular weight excluding hydrogens is 364 g/mol. The highest BCUT2D eigenvalue weighted by molar-refractivity contribution is 9.10. The number of piperazine rings is 1. The molecule has 0 amide bonds. The summed E-state index contributed by atoms with van der Waals surface area (Å²) in [4.78, 5) is 7.43. The summed E-state index contributed by atoms with van der Waals surface area (Å²) in [5, 5.41) is 3.56. The molecule has 126 valence electrons. The summed E-state index contributed by atoms with van der Waals surface area (Å²) in [6.45, 7) is 6.76. The van der Waals surface area contributed by atoms with Crippen molar-refractivity contribution in [2.24, 2.45) is 0 Å².